The average molecular weight is 233 g/mol. The summed E-state index contributed by atoms with van der Waals surface area (Å²) in [5, 5.41) is 6.26. The van der Waals surface area contributed by atoms with Gasteiger partial charge in [-0.1, -0.05) is 6.42 Å². The van der Waals surface area contributed by atoms with Gasteiger partial charge in [0.25, 0.3) is 5.56 Å². The topological polar surface area (TPSA) is 49.0 Å². The van der Waals surface area contributed by atoms with E-state index >= 15 is 0 Å². The van der Waals surface area contributed by atoms with Crippen molar-refractivity contribution in [1.82, 2.24) is 10.2 Å². The first kappa shape index (κ1) is 10.8. The lowest BCUT2D eigenvalue weighted by atomic mass is 9.88. The molecule has 2 bridgehead atoms. The van der Waals surface area contributed by atoms with Crippen molar-refractivity contribution in [1.29, 1.82) is 0 Å². The summed E-state index contributed by atoms with van der Waals surface area (Å²) in [6.45, 7) is 1.06. The van der Waals surface area contributed by atoms with Crippen molar-refractivity contribution >= 4 is 5.69 Å². The van der Waals surface area contributed by atoms with Crippen LogP contribution in [-0.2, 0) is 0 Å². The molecule has 17 heavy (non-hydrogen) atoms. The van der Waals surface area contributed by atoms with Gasteiger partial charge in [-0.15, -0.1) is 0 Å². The maximum Gasteiger partial charge on any atom is 0.266 e. The maximum absolute atomic E-state index is 11.2. The fourth-order valence-electron chi connectivity index (χ4n) is 3.63. The molecule has 3 atom stereocenters. The van der Waals surface area contributed by atoms with E-state index in [0.717, 1.165) is 30.0 Å². The molecular weight excluding hydrogens is 214 g/mol. The van der Waals surface area contributed by atoms with Crippen molar-refractivity contribution in [2.24, 2.45) is 17.8 Å². The molecular formula is C13H19N3O. The third kappa shape index (κ3) is 2.08. The average Bonchev–Trinajstić information content (AvgIpc) is 2.91. The van der Waals surface area contributed by atoms with E-state index in [2.05, 4.69) is 22.1 Å². The highest BCUT2D eigenvalue weighted by Gasteiger charge is 2.39. The SMILES string of the molecule is CN(CC1CC2CCC1C2)c1cn[nH]c(=O)c1. The third-order valence-corrected chi connectivity index (χ3v) is 4.48. The molecule has 1 N–H and O–H groups in total. The number of aromatic amines is 1. The van der Waals surface area contributed by atoms with E-state index in [0.29, 0.717) is 0 Å². The van der Waals surface area contributed by atoms with E-state index in [1.54, 1.807) is 12.3 Å². The zero-order chi connectivity index (χ0) is 11.8. The number of rotatable bonds is 3. The van der Waals surface area contributed by atoms with Crippen LogP contribution in [0.3, 0.4) is 0 Å². The van der Waals surface area contributed by atoms with Gasteiger partial charge in [0.2, 0.25) is 0 Å². The summed E-state index contributed by atoms with van der Waals surface area (Å²) in [6, 6.07) is 1.63. The van der Waals surface area contributed by atoms with E-state index in [1.165, 1.54) is 25.7 Å². The Morgan fingerprint density at radius 2 is 2.35 bits per heavy atom. The van der Waals surface area contributed by atoms with Crippen LogP contribution in [0.5, 0.6) is 0 Å². The molecule has 92 valence electrons. The van der Waals surface area contributed by atoms with Gasteiger partial charge >= 0.3 is 0 Å². The molecule has 0 spiro atoms. The molecule has 2 aliphatic rings. The molecule has 1 aromatic heterocycles. The molecule has 3 rings (SSSR count). The lowest BCUT2D eigenvalue weighted by Gasteiger charge is -2.28. The van der Waals surface area contributed by atoms with Crippen LogP contribution in [0.2, 0.25) is 0 Å². The van der Waals surface area contributed by atoms with Crippen LogP contribution in [0.4, 0.5) is 5.69 Å². The second kappa shape index (κ2) is 4.17. The first-order valence-electron chi connectivity index (χ1n) is 6.48. The van der Waals surface area contributed by atoms with E-state index in [4.69, 9.17) is 0 Å². The highest BCUT2D eigenvalue weighted by atomic mass is 16.1. The number of hydrogen-bond acceptors (Lipinski definition) is 3. The lowest BCUT2D eigenvalue weighted by molar-refractivity contribution is 0.337. The zero-order valence-electron chi connectivity index (χ0n) is 10.2. The summed E-state index contributed by atoms with van der Waals surface area (Å²) in [4.78, 5) is 13.4. The molecule has 0 aromatic carbocycles. The summed E-state index contributed by atoms with van der Waals surface area (Å²) >= 11 is 0. The van der Waals surface area contributed by atoms with Crippen LogP contribution >= 0.6 is 0 Å². The normalized spacial score (nSPS) is 30.8. The quantitative estimate of drug-likeness (QED) is 0.863. The van der Waals surface area contributed by atoms with E-state index in [1.807, 2.05) is 0 Å². The number of anilines is 1. The minimum absolute atomic E-state index is 0.123. The van der Waals surface area contributed by atoms with Gasteiger partial charge in [0.15, 0.2) is 0 Å². The molecule has 1 aromatic rings. The molecule has 2 fully saturated rings. The van der Waals surface area contributed by atoms with Crippen molar-refractivity contribution in [2.75, 3.05) is 18.5 Å². The highest BCUT2D eigenvalue weighted by molar-refractivity contribution is 5.41. The van der Waals surface area contributed by atoms with Gasteiger partial charge in [-0.3, -0.25) is 4.79 Å². The first-order chi connectivity index (χ1) is 8.22. The molecule has 0 radical (unpaired) electrons. The molecule has 0 amide bonds. The van der Waals surface area contributed by atoms with Gasteiger partial charge in [0, 0.05) is 19.7 Å². The van der Waals surface area contributed by atoms with E-state index in [9.17, 15) is 4.79 Å². The Morgan fingerprint density at radius 1 is 1.47 bits per heavy atom. The van der Waals surface area contributed by atoms with Crippen molar-refractivity contribution in [3.63, 3.8) is 0 Å². The van der Waals surface area contributed by atoms with Crippen molar-refractivity contribution < 1.29 is 0 Å². The van der Waals surface area contributed by atoms with Gasteiger partial charge in [-0.05, 0) is 37.0 Å². The van der Waals surface area contributed by atoms with E-state index < -0.39 is 0 Å². The predicted octanol–water partition coefficient (Wildman–Crippen LogP) is 1.64. The number of nitrogens with one attached hydrogen (secondary N) is 1. The minimum atomic E-state index is -0.123. The Bertz CT molecular complexity index is 456. The summed E-state index contributed by atoms with van der Waals surface area (Å²) in [5.41, 5.74) is 0.804. The minimum Gasteiger partial charge on any atom is -0.373 e. The second-order valence-electron chi connectivity index (χ2n) is 5.62. The van der Waals surface area contributed by atoms with Crippen LogP contribution in [0, 0.1) is 17.8 Å². The van der Waals surface area contributed by atoms with Crippen LogP contribution in [-0.4, -0.2) is 23.8 Å². The summed E-state index contributed by atoms with van der Waals surface area (Å²) in [5.74, 6) is 2.73. The number of aromatic nitrogens is 2. The predicted molar refractivity (Wildman–Crippen MR) is 67.1 cm³/mol. The molecule has 2 aliphatic carbocycles. The van der Waals surface area contributed by atoms with Crippen molar-refractivity contribution in [3.05, 3.63) is 22.6 Å². The highest BCUT2D eigenvalue weighted by Crippen LogP contribution is 2.48. The van der Waals surface area contributed by atoms with E-state index in [-0.39, 0.29) is 5.56 Å². The number of H-pyrrole nitrogens is 1. The van der Waals surface area contributed by atoms with Crippen LogP contribution in [0.25, 0.3) is 0 Å². The summed E-state index contributed by atoms with van der Waals surface area (Å²) in [7, 11) is 2.06. The van der Waals surface area contributed by atoms with Crippen LogP contribution in [0.1, 0.15) is 25.7 Å². The Balaban J connectivity index is 1.67. The Kier molecular flexibility index (Phi) is 2.65. The second-order valence-corrected chi connectivity index (χ2v) is 5.62. The number of fused-ring (bicyclic) bond motifs is 2. The Morgan fingerprint density at radius 3 is 3.00 bits per heavy atom. The van der Waals surface area contributed by atoms with Gasteiger partial charge in [0.05, 0.1) is 11.9 Å². The summed E-state index contributed by atoms with van der Waals surface area (Å²) in [6.07, 6.45) is 7.40. The third-order valence-electron chi connectivity index (χ3n) is 4.48. The standard InChI is InChI=1S/C13H19N3O/c1-16(12-6-13(17)15-14-7-12)8-11-5-9-2-3-10(11)4-9/h6-7,9-11H,2-5,8H2,1H3,(H,15,17). The van der Waals surface area contributed by atoms with Gasteiger partial charge in [0.1, 0.15) is 0 Å². The summed E-state index contributed by atoms with van der Waals surface area (Å²) < 4.78 is 0. The molecule has 1 heterocycles. The molecule has 0 aliphatic heterocycles. The number of hydrogen-bond donors (Lipinski definition) is 1. The zero-order valence-corrected chi connectivity index (χ0v) is 10.2. The fourth-order valence-corrected chi connectivity index (χ4v) is 3.63. The molecule has 2 saturated carbocycles. The van der Waals surface area contributed by atoms with Crippen molar-refractivity contribution in [3.8, 4) is 0 Å². The van der Waals surface area contributed by atoms with Gasteiger partial charge < -0.3 is 4.90 Å². The fraction of sp³-hybridized carbons (Fsp3) is 0.692. The molecule has 3 unspecified atom stereocenters. The first-order valence-corrected chi connectivity index (χ1v) is 6.48. The smallest absolute Gasteiger partial charge is 0.266 e. The largest absolute Gasteiger partial charge is 0.373 e. The monoisotopic (exact) mass is 233 g/mol. The Hall–Kier alpha value is -1.32. The van der Waals surface area contributed by atoms with Crippen molar-refractivity contribution in [2.45, 2.75) is 25.7 Å². The Labute approximate surface area is 101 Å². The van der Waals surface area contributed by atoms with Gasteiger partial charge in [-0.25, -0.2) is 5.10 Å². The van der Waals surface area contributed by atoms with Crippen LogP contribution < -0.4 is 10.5 Å². The molecule has 4 nitrogen and oxygen atoms in total. The molecule has 0 saturated heterocycles. The van der Waals surface area contributed by atoms with Gasteiger partial charge in [-0.2, -0.15) is 5.10 Å². The number of nitrogens with zero attached hydrogens (tertiary/aromatic N) is 2. The maximum atomic E-state index is 11.2. The lowest BCUT2D eigenvalue weighted by Crippen LogP contribution is -2.29. The van der Waals surface area contributed by atoms with Crippen LogP contribution in [0.15, 0.2) is 17.1 Å². The molecule has 4 heteroatoms.